The van der Waals surface area contributed by atoms with Gasteiger partial charge in [-0.2, -0.15) is 0 Å². The summed E-state index contributed by atoms with van der Waals surface area (Å²) in [5.74, 6) is 3.99. The highest BCUT2D eigenvalue weighted by molar-refractivity contribution is 5.58. The topological polar surface area (TPSA) is 63.6 Å². The highest BCUT2D eigenvalue weighted by atomic mass is 16.5. The number of aryl methyl sites for hydroxylation is 1. The van der Waals surface area contributed by atoms with Crippen molar-refractivity contribution in [2.24, 2.45) is 0 Å². The summed E-state index contributed by atoms with van der Waals surface area (Å²) < 4.78 is 36.4. The molecule has 1 aliphatic rings. The average molecular weight is 483 g/mol. The van der Waals surface area contributed by atoms with E-state index >= 15 is 0 Å². The van der Waals surface area contributed by atoms with Gasteiger partial charge in [-0.05, 0) is 30.7 Å². The molecule has 0 saturated heterocycles. The van der Waals surface area contributed by atoms with Crippen LogP contribution in [-0.4, -0.2) is 58.7 Å². The Morgan fingerprint density at radius 2 is 1.43 bits per heavy atom. The number of fused-ring (bicyclic) bond motifs is 1. The molecule has 0 radical (unpaired) electrons. The first-order valence-electron chi connectivity index (χ1n) is 11.6. The van der Waals surface area contributed by atoms with Crippen LogP contribution >= 0.6 is 0 Å². The van der Waals surface area contributed by atoms with Crippen LogP contribution in [0.3, 0.4) is 0 Å². The second kappa shape index (κ2) is 10.8. The van der Waals surface area contributed by atoms with Gasteiger partial charge >= 0.3 is 0 Å². The molecule has 0 amide bonds. The van der Waals surface area contributed by atoms with Crippen molar-refractivity contribution in [2.45, 2.75) is 25.6 Å². The van der Waals surface area contributed by atoms with Gasteiger partial charge in [-0.15, -0.1) is 0 Å². The Kier molecular flexibility index (Phi) is 7.60. The van der Waals surface area contributed by atoms with Crippen LogP contribution < -0.4 is 28.4 Å². The number of hydrogen-bond donors (Lipinski definition) is 0. The zero-order valence-electron chi connectivity index (χ0n) is 21.3. The fourth-order valence-electron chi connectivity index (χ4n) is 4.94. The summed E-state index contributed by atoms with van der Waals surface area (Å²) in [7, 11) is 9.89. The van der Waals surface area contributed by atoms with E-state index in [1.54, 1.807) is 42.7 Å². The molecule has 0 fully saturated rings. The number of hydrogen-bond acceptors (Lipinski definition) is 7. The quantitative estimate of drug-likeness (QED) is 0.444. The molecule has 188 valence electrons. The Morgan fingerprint density at radius 3 is 2.03 bits per heavy atom. The summed E-state index contributed by atoms with van der Waals surface area (Å²) in [5, 5.41) is 0. The second-order valence-electron chi connectivity index (χ2n) is 8.29. The lowest BCUT2D eigenvalue weighted by Crippen LogP contribution is -2.30. The third kappa shape index (κ3) is 4.58. The van der Waals surface area contributed by atoms with Crippen molar-refractivity contribution in [3.05, 3.63) is 59.4 Å². The van der Waals surface area contributed by atoms with Crippen molar-refractivity contribution < 1.29 is 28.4 Å². The molecule has 3 aromatic rings. The van der Waals surface area contributed by atoms with Gasteiger partial charge < -0.3 is 33.0 Å². The van der Waals surface area contributed by atoms with Crippen molar-refractivity contribution in [1.29, 1.82) is 0 Å². The van der Waals surface area contributed by atoms with Crippen molar-refractivity contribution in [3.63, 3.8) is 0 Å². The van der Waals surface area contributed by atoms with Crippen molar-refractivity contribution >= 4 is 0 Å². The minimum atomic E-state index is -0.0984. The van der Waals surface area contributed by atoms with Gasteiger partial charge in [0.25, 0.3) is 0 Å². The van der Waals surface area contributed by atoms with E-state index < -0.39 is 0 Å². The van der Waals surface area contributed by atoms with Crippen LogP contribution in [0.1, 0.15) is 29.3 Å². The predicted molar refractivity (Wildman–Crippen MR) is 133 cm³/mol. The third-order valence-corrected chi connectivity index (χ3v) is 6.56. The SMILES string of the molecule is COc1cc(OC)c(CN2CCCn3cccc3[C@@H]2c2ccc(OC)c(OC)c2OC)c(OC)c1. The molecule has 0 spiro atoms. The summed E-state index contributed by atoms with van der Waals surface area (Å²) in [6.07, 6.45) is 3.13. The Morgan fingerprint density at radius 1 is 0.743 bits per heavy atom. The van der Waals surface area contributed by atoms with E-state index in [1.807, 2.05) is 18.2 Å². The highest BCUT2D eigenvalue weighted by Crippen LogP contribution is 2.47. The van der Waals surface area contributed by atoms with E-state index in [-0.39, 0.29) is 6.04 Å². The fraction of sp³-hybridized carbons (Fsp3) is 0.407. The zero-order chi connectivity index (χ0) is 24.9. The summed E-state index contributed by atoms with van der Waals surface area (Å²) in [5.41, 5.74) is 3.14. The van der Waals surface area contributed by atoms with Crippen LogP contribution in [0.25, 0.3) is 0 Å². The predicted octanol–water partition coefficient (Wildman–Crippen LogP) is 4.54. The molecule has 8 heteroatoms. The number of rotatable bonds is 9. The minimum Gasteiger partial charge on any atom is -0.496 e. The minimum absolute atomic E-state index is 0.0984. The maximum Gasteiger partial charge on any atom is 0.203 e. The molecule has 0 bridgehead atoms. The Hall–Kier alpha value is -3.52. The van der Waals surface area contributed by atoms with E-state index in [0.717, 1.165) is 42.1 Å². The van der Waals surface area contributed by atoms with E-state index in [4.69, 9.17) is 28.4 Å². The van der Waals surface area contributed by atoms with Gasteiger partial charge in [0.2, 0.25) is 5.75 Å². The molecule has 0 N–H and O–H groups in total. The van der Waals surface area contributed by atoms with Crippen LogP contribution in [0.4, 0.5) is 0 Å². The molecular weight excluding hydrogens is 448 g/mol. The smallest absolute Gasteiger partial charge is 0.203 e. The number of aromatic nitrogens is 1. The molecule has 8 nitrogen and oxygen atoms in total. The van der Waals surface area contributed by atoms with Crippen molar-refractivity contribution in [3.8, 4) is 34.5 Å². The van der Waals surface area contributed by atoms with Gasteiger partial charge in [0.1, 0.15) is 17.2 Å². The first-order chi connectivity index (χ1) is 17.1. The average Bonchev–Trinajstić information content (AvgIpc) is 3.28. The molecule has 0 aliphatic carbocycles. The standard InChI is InChI=1S/C27H34N2O6/c1-30-18-15-23(32-3)20(24(16-18)33-4)17-29-14-8-13-28-12-7-9-21(28)25(29)19-10-11-22(31-2)27(35-6)26(19)34-5/h7,9-12,15-16,25H,8,13-14,17H2,1-6H3/t25-/m0/s1. The maximum atomic E-state index is 5.91. The maximum absolute atomic E-state index is 5.91. The lowest BCUT2D eigenvalue weighted by Gasteiger charge is -2.33. The van der Waals surface area contributed by atoms with E-state index in [2.05, 4.69) is 33.9 Å². The molecule has 1 atom stereocenters. The fourth-order valence-corrected chi connectivity index (χ4v) is 4.94. The zero-order valence-corrected chi connectivity index (χ0v) is 21.3. The number of nitrogens with zero attached hydrogens (tertiary/aromatic N) is 2. The summed E-state index contributed by atoms with van der Waals surface area (Å²) in [6.45, 7) is 2.40. The first-order valence-corrected chi connectivity index (χ1v) is 11.6. The number of methoxy groups -OCH3 is 6. The molecule has 2 heterocycles. The van der Waals surface area contributed by atoms with Crippen LogP contribution in [-0.2, 0) is 13.1 Å². The van der Waals surface area contributed by atoms with Gasteiger partial charge in [0.05, 0.1) is 54.3 Å². The Balaban J connectivity index is 1.87. The first kappa shape index (κ1) is 24.6. The van der Waals surface area contributed by atoms with Crippen molar-refractivity contribution in [2.75, 3.05) is 49.2 Å². The molecule has 0 unspecified atom stereocenters. The molecule has 1 aromatic heterocycles. The molecule has 35 heavy (non-hydrogen) atoms. The number of ether oxygens (including phenoxy) is 6. The Labute approximate surface area is 206 Å². The normalized spacial score (nSPS) is 15.7. The van der Waals surface area contributed by atoms with Crippen LogP contribution in [0, 0.1) is 0 Å². The number of benzene rings is 2. The lowest BCUT2D eigenvalue weighted by atomic mass is 9.98. The molecule has 4 rings (SSSR count). The van der Waals surface area contributed by atoms with Gasteiger partial charge in [0.15, 0.2) is 11.5 Å². The van der Waals surface area contributed by atoms with Gasteiger partial charge in [-0.1, -0.05) is 0 Å². The van der Waals surface area contributed by atoms with E-state index in [1.165, 1.54) is 5.69 Å². The molecular formula is C27H34N2O6. The lowest BCUT2D eigenvalue weighted by molar-refractivity contribution is 0.208. The summed E-state index contributed by atoms with van der Waals surface area (Å²) >= 11 is 0. The second-order valence-corrected chi connectivity index (χ2v) is 8.29. The van der Waals surface area contributed by atoms with Crippen LogP contribution in [0.5, 0.6) is 34.5 Å². The van der Waals surface area contributed by atoms with Crippen molar-refractivity contribution in [1.82, 2.24) is 9.47 Å². The van der Waals surface area contributed by atoms with Crippen LogP contribution in [0.2, 0.25) is 0 Å². The van der Waals surface area contributed by atoms with E-state index in [0.29, 0.717) is 29.5 Å². The van der Waals surface area contributed by atoms with E-state index in [9.17, 15) is 0 Å². The largest absolute Gasteiger partial charge is 0.496 e. The molecule has 1 aliphatic heterocycles. The molecule has 2 aromatic carbocycles. The summed E-state index contributed by atoms with van der Waals surface area (Å²) in [4.78, 5) is 2.43. The monoisotopic (exact) mass is 482 g/mol. The van der Waals surface area contributed by atoms with Gasteiger partial charge in [0, 0.05) is 49.2 Å². The Bertz CT molecular complexity index is 1130. The summed E-state index contributed by atoms with van der Waals surface area (Å²) in [6, 6.07) is 11.9. The van der Waals surface area contributed by atoms with Crippen LogP contribution in [0.15, 0.2) is 42.6 Å². The third-order valence-electron chi connectivity index (χ3n) is 6.56. The van der Waals surface area contributed by atoms with Gasteiger partial charge in [-0.25, -0.2) is 0 Å². The highest BCUT2D eigenvalue weighted by Gasteiger charge is 2.33. The molecule has 0 saturated carbocycles. The van der Waals surface area contributed by atoms with Gasteiger partial charge in [-0.3, -0.25) is 4.90 Å².